The van der Waals surface area contributed by atoms with E-state index in [1.54, 1.807) is 12.1 Å². The molecule has 1 aromatic carbocycles. The molecule has 0 radical (unpaired) electrons. The quantitative estimate of drug-likeness (QED) is 0.313. The van der Waals surface area contributed by atoms with E-state index in [1.165, 1.54) is 19.3 Å². The smallest absolute Gasteiger partial charge is 0.296 e. The standard InChI is InChI=1S/C26H44O4SSi/c1-19-11-13-21(14-12-19)31(27,28)29-18-20(2)22-15-16-23-24(10-9-17-26(22,23)6)30-32(7,8)25(3,4)5/h11-14,20,22-24H,9-10,15-18H2,1-8H3/t20-,22?,23?,24+,26-/m1/s1. The van der Waals surface area contributed by atoms with Crippen LogP contribution in [0.5, 0.6) is 0 Å². The highest BCUT2D eigenvalue weighted by Gasteiger charge is 2.54. The third-order valence-corrected chi connectivity index (χ3v) is 14.7. The van der Waals surface area contributed by atoms with Crippen LogP contribution in [-0.2, 0) is 18.7 Å². The summed E-state index contributed by atoms with van der Waals surface area (Å²) in [6.45, 7) is 18.4. The van der Waals surface area contributed by atoms with E-state index in [0.717, 1.165) is 18.4 Å². The lowest BCUT2D eigenvalue weighted by Gasteiger charge is -2.49. The summed E-state index contributed by atoms with van der Waals surface area (Å²) < 4.78 is 37.9. The van der Waals surface area contributed by atoms with Crippen molar-refractivity contribution in [1.82, 2.24) is 0 Å². The van der Waals surface area contributed by atoms with Gasteiger partial charge in [0.15, 0.2) is 8.32 Å². The molecule has 0 aromatic heterocycles. The van der Waals surface area contributed by atoms with Crippen molar-refractivity contribution in [3.8, 4) is 0 Å². The average molecular weight is 481 g/mol. The Kier molecular flexibility index (Phi) is 7.42. The van der Waals surface area contributed by atoms with E-state index in [9.17, 15) is 8.42 Å². The van der Waals surface area contributed by atoms with E-state index in [-0.39, 0.29) is 27.9 Å². The second-order valence-corrected chi connectivity index (χ2v) is 18.5. The number of benzene rings is 1. The van der Waals surface area contributed by atoms with E-state index in [0.29, 0.717) is 17.9 Å². The molecule has 0 spiro atoms. The minimum absolute atomic E-state index is 0.192. The molecule has 2 aliphatic carbocycles. The number of hydrogen-bond acceptors (Lipinski definition) is 4. The highest BCUT2D eigenvalue weighted by molar-refractivity contribution is 7.86. The number of rotatable bonds is 7. The van der Waals surface area contributed by atoms with Crippen LogP contribution in [0.3, 0.4) is 0 Å². The molecule has 0 amide bonds. The fraction of sp³-hybridized carbons (Fsp3) is 0.769. The lowest BCUT2D eigenvalue weighted by atomic mass is 9.62. The lowest BCUT2D eigenvalue weighted by molar-refractivity contribution is -0.0245. The average Bonchev–Trinajstić information content (AvgIpc) is 3.03. The van der Waals surface area contributed by atoms with Crippen LogP contribution in [0, 0.1) is 30.1 Å². The van der Waals surface area contributed by atoms with Crippen molar-refractivity contribution in [1.29, 1.82) is 0 Å². The van der Waals surface area contributed by atoms with E-state index in [4.69, 9.17) is 8.61 Å². The first-order chi connectivity index (χ1) is 14.7. The molecule has 1 aromatic rings. The first-order valence-corrected chi connectivity index (χ1v) is 16.6. The molecular formula is C26H44O4SSi. The number of fused-ring (bicyclic) bond motifs is 1. The first kappa shape index (κ1) is 25.9. The van der Waals surface area contributed by atoms with Gasteiger partial charge in [-0.2, -0.15) is 8.42 Å². The van der Waals surface area contributed by atoms with Gasteiger partial charge >= 0.3 is 0 Å². The molecule has 3 rings (SSSR count). The summed E-state index contributed by atoms with van der Waals surface area (Å²) in [7, 11) is -5.54. The van der Waals surface area contributed by atoms with Crippen molar-refractivity contribution < 1.29 is 17.0 Å². The van der Waals surface area contributed by atoms with Gasteiger partial charge in [0.05, 0.1) is 11.5 Å². The zero-order valence-electron chi connectivity index (χ0n) is 21.4. The highest BCUT2D eigenvalue weighted by atomic mass is 32.2. The van der Waals surface area contributed by atoms with Gasteiger partial charge in [-0.05, 0) is 86.0 Å². The summed E-state index contributed by atoms with van der Waals surface area (Å²) in [6, 6.07) is 6.89. The highest BCUT2D eigenvalue weighted by Crippen LogP contribution is 2.59. The van der Waals surface area contributed by atoms with Gasteiger partial charge in [0.25, 0.3) is 10.1 Å². The SMILES string of the molecule is Cc1ccc(S(=O)(=O)OC[C@@H](C)C2CCC3[C@@H](O[Si](C)(C)C(C)(C)C)CCC[C@]23C)cc1. The zero-order valence-corrected chi connectivity index (χ0v) is 23.2. The van der Waals surface area contributed by atoms with Gasteiger partial charge in [-0.1, -0.05) is 58.7 Å². The predicted octanol–water partition coefficient (Wildman–Crippen LogP) is 6.94. The topological polar surface area (TPSA) is 52.6 Å². The summed E-state index contributed by atoms with van der Waals surface area (Å²) in [4.78, 5) is 0.242. The lowest BCUT2D eigenvalue weighted by Crippen LogP contribution is -2.50. The van der Waals surface area contributed by atoms with Crippen LogP contribution in [0.25, 0.3) is 0 Å². The molecule has 2 aliphatic rings. The maximum atomic E-state index is 12.7. The van der Waals surface area contributed by atoms with E-state index < -0.39 is 18.4 Å². The van der Waals surface area contributed by atoms with Crippen LogP contribution in [-0.4, -0.2) is 29.4 Å². The minimum atomic E-state index is -3.72. The van der Waals surface area contributed by atoms with Crippen LogP contribution in [0.1, 0.15) is 72.3 Å². The number of hydrogen-bond donors (Lipinski definition) is 0. The fourth-order valence-electron chi connectivity index (χ4n) is 5.88. The summed E-state index contributed by atoms with van der Waals surface area (Å²) in [6.07, 6.45) is 6.20. The number of aryl methyl sites for hydroxylation is 1. The van der Waals surface area contributed by atoms with Gasteiger partial charge in [0, 0.05) is 6.10 Å². The molecule has 5 atom stereocenters. The maximum absolute atomic E-state index is 12.7. The molecule has 2 fully saturated rings. The van der Waals surface area contributed by atoms with Crippen LogP contribution in [0.4, 0.5) is 0 Å². The van der Waals surface area contributed by atoms with Crippen molar-refractivity contribution >= 4 is 18.4 Å². The summed E-state index contributed by atoms with van der Waals surface area (Å²) in [5.41, 5.74) is 1.23. The normalized spacial score (nSPS) is 30.2. The molecule has 4 nitrogen and oxygen atoms in total. The Morgan fingerprint density at radius 3 is 2.34 bits per heavy atom. The van der Waals surface area contributed by atoms with Crippen molar-refractivity contribution in [3.63, 3.8) is 0 Å². The molecule has 0 aliphatic heterocycles. The van der Waals surface area contributed by atoms with Crippen molar-refractivity contribution in [2.45, 2.75) is 103 Å². The van der Waals surface area contributed by atoms with Crippen molar-refractivity contribution in [2.24, 2.45) is 23.2 Å². The molecule has 2 saturated carbocycles. The second-order valence-electron chi connectivity index (χ2n) is 12.1. The van der Waals surface area contributed by atoms with Crippen LogP contribution in [0.2, 0.25) is 18.1 Å². The van der Waals surface area contributed by atoms with Gasteiger partial charge in [0.2, 0.25) is 0 Å². The first-order valence-electron chi connectivity index (χ1n) is 12.3. The molecule has 2 unspecified atom stereocenters. The molecule has 182 valence electrons. The molecule has 0 bridgehead atoms. The Hall–Kier alpha value is -0.693. The van der Waals surface area contributed by atoms with Gasteiger partial charge in [-0.3, -0.25) is 4.18 Å². The zero-order chi connectivity index (χ0) is 23.9. The second kappa shape index (κ2) is 9.16. The summed E-state index contributed by atoms with van der Waals surface area (Å²) >= 11 is 0. The predicted molar refractivity (Wildman–Crippen MR) is 134 cm³/mol. The molecular weight excluding hydrogens is 436 g/mol. The summed E-state index contributed by atoms with van der Waals surface area (Å²) in [5.74, 6) is 1.22. The molecule has 0 heterocycles. The molecule has 32 heavy (non-hydrogen) atoms. The Labute approximate surface area is 197 Å². The Bertz CT molecular complexity index is 887. The molecule has 6 heteroatoms. The molecule has 0 N–H and O–H groups in total. The van der Waals surface area contributed by atoms with Crippen molar-refractivity contribution in [2.75, 3.05) is 6.61 Å². The Balaban J connectivity index is 1.68. The van der Waals surface area contributed by atoms with Gasteiger partial charge in [0.1, 0.15) is 0 Å². The van der Waals surface area contributed by atoms with Gasteiger partial charge < -0.3 is 4.43 Å². The third-order valence-electron chi connectivity index (χ3n) is 8.87. The van der Waals surface area contributed by atoms with E-state index in [1.807, 2.05) is 19.1 Å². The van der Waals surface area contributed by atoms with Crippen LogP contribution < -0.4 is 0 Å². The largest absolute Gasteiger partial charge is 0.414 e. The van der Waals surface area contributed by atoms with Crippen LogP contribution >= 0.6 is 0 Å². The minimum Gasteiger partial charge on any atom is -0.414 e. The Morgan fingerprint density at radius 2 is 1.75 bits per heavy atom. The van der Waals surface area contributed by atoms with Gasteiger partial charge in [-0.15, -0.1) is 0 Å². The third kappa shape index (κ3) is 5.18. The maximum Gasteiger partial charge on any atom is 0.296 e. The van der Waals surface area contributed by atoms with Crippen molar-refractivity contribution in [3.05, 3.63) is 29.8 Å². The van der Waals surface area contributed by atoms with E-state index in [2.05, 4.69) is 47.7 Å². The van der Waals surface area contributed by atoms with Crippen LogP contribution in [0.15, 0.2) is 29.2 Å². The summed E-state index contributed by atoms with van der Waals surface area (Å²) in [5, 5.41) is 0.213. The molecule has 0 saturated heterocycles. The Morgan fingerprint density at radius 1 is 1.12 bits per heavy atom. The fourth-order valence-corrected chi connectivity index (χ4v) is 8.27. The monoisotopic (exact) mass is 480 g/mol. The van der Waals surface area contributed by atoms with E-state index >= 15 is 0 Å². The van der Waals surface area contributed by atoms with Gasteiger partial charge in [-0.25, -0.2) is 0 Å².